The van der Waals surface area contributed by atoms with Crippen LogP contribution in [0, 0.1) is 7.14 Å². The number of sulfone groups is 1. The van der Waals surface area contributed by atoms with Gasteiger partial charge >= 0.3 is 0 Å². The molecule has 0 aliphatic rings. The molecule has 2 rings (SSSR count). The molecule has 0 aliphatic heterocycles. The third kappa shape index (κ3) is 2.82. The van der Waals surface area contributed by atoms with Crippen molar-refractivity contribution in [2.45, 2.75) is 9.79 Å². The molecule has 0 amide bonds. The van der Waals surface area contributed by atoms with E-state index < -0.39 is 9.84 Å². The Morgan fingerprint density at radius 2 is 1.53 bits per heavy atom. The molecule has 0 bridgehead atoms. The summed E-state index contributed by atoms with van der Waals surface area (Å²) < 4.78 is 26.5. The van der Waals surface area contributed by atoms with E-state index in [4.69, 9.17) is 0 Å². The van der Waals surface area contributed by atoms with Gasteiger partial charge in [-0.25, -0.2) is 8.42 Å². The lowest BCUT2D eigenvalue weighted by atomic mass is 10.4. The highest BCUT2D eigenvalue weighted by Crippen LogP contribution is 2.26. The molecular weight excluding hydrogens is 462 g/mol. The lowest BCUT2D eigenvalue weighted by Crippen LogP contribution is -2.04. The summed E-state index contributed by atoms with van der Waals surface area (Å²) in [6, 6.07) is 13.8. The lowest BCUT2D eigenvalue weighted by molar-refractivity contribution is 0.595. The minimum absolute atomic E-state index is 0.333. The third-order valence-electron chi connectivity index (χ3n) is 2.24. The number of hydrogen-bond acceptors (Lipinski definition) is 2. The Morgan fingerprint density at radius 1 is 0.882 bits per heavy atom. The molecule has 0 heterocycles. The zero-order chi connectivity index (χ0) is 12.5. The van der Waals surface area contributed by atoms with E-state index in [2.05, 4.69) is 45.2 Å². The van der Waals surface area contributed by atoms with Crippen molar-refractivity contribution in [2.24, 2.45) is 0 Å². The minimum Gasteiger partial charge on any atom is -0.218 e. The second kappa shape index (κ2) is 5.23. The van der Waals surface area contributed by atoms with Crippen LogP contribution in [-0.2, 0) is 9.84 Å². The summed E-state index contributed by atoms with van der Waals surface area (Å²) in [6.45, 7) is 0. The predicted molar refractivity (Wildman–Crippen MR) is 83.8 cm³/mol. The first-order valence-electron chi connectivity index (χ1n) is 4.77. The van der Waals surface area contributed by atoms with Gasteiger partial charge in [-0.15, -0.1) is 0 Å². The van der Waals surface area contributed by atoms with Crippen molar-refractivity contribution in [3.63, 3.8) is 0 Å². The van der Waals surface area contributed by atoms with E-state index in [1.165, 1.54) is 0 Å². The van der Waals surface area contributed by atoms with Crippen molar-refractivity contribution in [1.82, 2.24) is 0 Å². The van der Waals surface area contributed by atoms with Crippen molar-refractivity contribution in [3.8, 4) is 0 Å². The average molecular weight is 470 g/mol. The molecule has 0 unspecified atom stereocenters. The molecule has 0 atom stereocenters. The van der Waals surface area contributed by atoms with Gasteiger partial charge in [0.15, 0.2) is 0 Å². The predicted octanol–water partition coefficient (Wildman–Crippen LogP) is 3.73. The normalized spacial score (nSPS) is 11.4. The lowest BCUT2D eigenvalue weighted by Gasteiger charge is -2.06. The smallest absolute Gasteiger partial charge is 0.207 e. The van der Waals surface area contributed by atoms with Gasteiger partial charge in [-0.3, -0.25) is 0 Å². The van der Waals surface area contributed by atoms with Crippen LogP contribution in [0.5, 0.6) is 0 Å². The highest BCUT2D eigenvalue weighted by atomic mass is 127. The molecule has 0 saturated heterocycles. The van der Waals surface area contributed by atoms with Crippen LogP contribution in [0.15, 0.2) is 58.3 Å². The number of rotatable bonds is 2. The van der Waals surface area contributed by atoms with E-state index in [9.17, 15) is 8.42 Å². The summed E-state index contributed by atoms with van der Waals surface area (Å²) in [7, 11) is -3.40. The summed E-state index contributed by atoms with van der Waals surface area (Å²) in [5.74, 6) is 0. The summed E-state index contributed by atoms with van der Waals surface area (Å²) in [6.07, 6.45) is 0. The van der Waals surface area contributed by atoms with Crippen molar-refractivity contribution in [3.05, 3.63) is 55.7 Å². The number of benzene rings is 2. The van der Waals surface area contributed by atoms with Crippen molar-refractivity contribution >= 4 is 55.0 Å². The van der Waals surface area contributed by atoms with Crippen LogP contribution >= 0.6 is 45.2 Å². The summed E-state index contributed by atoms with van der Waals surface area (Å²) >= 11 is 4.22. The topological polar surface area (TPSA) is 34.1 Å². The van der Waals surface area contributed by atoms with Crippen LogP contribution in [-0.4, -0.2) is 8.42 Å². The molecule has 0 aliphatic carbocycles. The Morgan fingerprint density at radius 3 is 2.12 bits per heavy atom. The molecule has 0 fully saturated rings. The second-order valence-corrected chi connectivity index (χ2v) is 7.72. The molecule has 0 radical (unpaired) electrons. The van der Waals surface area contributed by atoms with Crippen LogP contribution in [0.2, 0.25) is 0 Å². The summed E-state index contributed by atoms with van der Waals surface area (Å²) in [5.41, 5.74) is 0. The molecule has 0 N–H and O–H groups in total. The van der Waals surface area contributed by atoms with Gasteiger partial charge in [0, 0.05) is 7.14 Å². The molecule has 0 spiro atoms. The fourth-order valence-electron chi connectivity index (χ4n) is 1.42. The van der Waals surface area contributed by atoms with E-state index in [-0.39, 0.29) is 0 Å². The zero-order valence-electron chi connectivity index (χ0n) is 8.60. The highest BCUT2D eigenvalue weighted by Gasteiger charge is 2.19. The first-order chi connectivity index (χ1) is 8.01. The molecular formula is C12H8I2O2S. The molecule has 88 valence electrons. The first kappa shape index (κ1) is 13.3. The van der Waals surface area contributed by atoms with Gasteiger partial charge in [0.05, 0.1) is 9.79 Å². The second-order valence-electron chi connectivity index (χ2n) is 3.39. The maximum atomic E-state index is 12.4. The third-order valence-corrected chi connectivity index (χ3v) is 5.99. The molecule has 17 heavy (non-hydrogen) atoms. The molecule has 2 aromatic rings. The Balaban J connectivity index is 2.61. The van der Waals surface area contributed by atoms with Gasteiger partial charge in [-0.05, 0) is 75.5 Å². The molecule has 0 saturated carbocycles. The van der Waals surface area contributed by atoms with E-state index >= 15 is 0 Å². The van der Waals surface area contributed by atoms with Crippen molar-refractivity contribution in [1.29, 1.82) is 0 Å². The maximum absolute atomic E-state index is 12.4. The van der Waals surface area contributed by atoms with Gasteiger partial charge in [-0.2, -0.15) is 0 Å². The number of hydrogen-bond donors (Lipinski definition) is 0. The summed E-state index contributed by atoms with van der Waals surface area (Å²) in [5, 5.41) is 0. The maximum Gasteiger partial charge on any atom is 0.207 e. The molecule has 0 aromatic heterocycles. The van der Waals surface area contributed by atoms with Crippen molar-refractivity contribution < 1.29 is 8.42 Å². The molecule has 2 aromatic carbocycles. The van der Waals surface area contributed by atoms with Crippen molar-refractivity contribution in [2.75, 3.05) is 0 Å². The Kier molecular flexibility index (Phi) is 4.09. The van der Waals surface area contributed by atoms with Gasteiger partial charge in [0.2, 0.25) is 9.84 Å². The van der Waals surface area contributed by atoms with Crippen LogP contribution in [0.1, 0.15) is 0 Å². The molecule has 2 nitrogen and oxygen atoms in total. The van der Waals surface area contributed by atoms with Crippen LogP contribution in [0.25, 0.3) is 0 Å². The van der Waals surface area contributed by atoms with Gasteiger partial charge in [0.1, 0.15) is 0 Å². The van der Waals surface area contributed by atoms with E-state index in [1.807, 2.05) is 6.07 Å². The van der Waals surface area contributed by atoms with Gasteiger partial charge < -0.3 is 0 Å². The van der Waals surface area contributed by atoms with E-state index in [0.29, 0.717) is 9.79 Å². The quantitative estimate of drug-likeness (QED) is 0.628. The Labute approximate surface area is 128 Å². The fraction of sp³-hybridized carbons (Fsp3) is 0. The Bertz CT molecular complexity index is 637. The SMILES string of the molecule is O=S(=O)(c1ccccc1)c1ccc(I)cc1I. The zero-order valence-corrected chi connectivity index (χ0v) is 13.7. The number of halogens is 2. The summed E-state index contributed by atoms with van der Waals surface area (Å²) in [4.78, 5) is 0.698. The molecule has 5 heteroatoms. The fourth-order valence-corrected chi connectivity index (χ4v) is 5.22. The highest BCUT2D eigenvalue weighted by molar-refractivity contribution is 14.1. The van der Waals surface area contributed by atoms with E-state index in [0.717, 1.165) is 7.14 Å². The van der Waals surface area contributed by atoms with Gasteiger partial charge in [0.25, 0.3) is 0 Å². The standard InChI is InChI=1S/C12H8I2O2S/c13-9-6-7-12(11(14)8-9)17(15,16)10-4-2-1-3-5-10/h1-8H. The van der Waals surface area contributed by atoms with Gasteiger partial charge in [-0.1, -0.05) is 18.2 Å². The van der Waals surface area contributed by atoms with E-state index in [1.54, 1.807) is 42.5 Å². The van der Waals surface area contributed by atoms with Crippen LogP contribution in [0.3, 0.4) is 0 Å². The van der Waals surface area contributed by atoms with Crippen LogP contribution < -0.4 is 0 Å². The Hall–Kier alpha value is -0.150. The average Bonchev–Trinajstić information content (AvgIpc) is 2.29. The monoisotopic (exact) mass is 470 g/mol. The first-order valence-corrected chi connectivity index (χ1v) is 8.41. The largest absolute Gasteiger partial charge is 0.218 e. The minimum atomic E-state index is -3.40. The van der Waals surface area contributed by atoms with Crippen LogP contribution in [0.4, 0.5) is 0 Å².